The van der Waals surface area contributed by atoms with Crippen LogP contribution < -0.4 is 0 Å². The highest BCUT2D eigenvalue weighted by atomic mass is 16.7. The molecule has 0 aromatic heterocycles. The topological polar surface area (TPSA) is 18.5 Å². The van der Waals surface area contributed by atoms with Crippen LogP contribution in [0.3, 0.4) is 0 Å². The zero-order valence-corrected chi connectivity index (χ0v) is 8.95. The maximum Gasteiger partial charge on any atom is 0.158 e. The van der Waals surface area contributed by atoms with Crippen molar-refractivity contribution in [1.82, 2.24) is 0 Å². The smallest absolute Gasteiger partial charge is 0.158 e. The molecule has 2 nitrogen and oxygen atoms in total. The van der Waals surface area contributed by atoms with Crippen molar-refractivity contribution in [3.63, 3.8) is 0 Å². The molecule has 14 heavy (non-hydrogen) atoms. The Balaban J connectivity index is 1.83. The second kappa shape index (κ2) is 4.94. The van der Waals surface area contributed by atoms with Gasteiger partial charge in [0.1, 0.15) is 0 Å². The summed E-state index contributed by atoms with van der Waals surface area (Å²) in [5.74, 6) is 1.56. The highest BCUT2D eigenvalue weighted by Crippen LogP contribution is 2.36. The standard InChI is InChI=1S/C12H20O2/c1-2-4-10-5-3-6-11(10)9-12-13-7-8-14-12/h2,4,10-12H,3,5-9H2,1H3/b4-2-/t10-,11-/m1/s1. The summed E-state index contributed by atoms with van der Waals surface area (Å²) in [6, 6.07) is 0. The fraction of sp³-hybridized carbons (Fsp3) is 0.833. The molecule has 0 N–H and O–H groups in total. The van der Waals surface area contributed by atoms with Gasteiger partial charge in [0, 0.05) is 6.42 Å². The second-order valence-corrected chi connectivity index (χ2v) is 4.29. The minimum Gasteiger partial charge on any atom is -0.350 e. The van der Waals surface area contributed by atoms with Crippen LogP contribution in [0.25, 0.3) is 0 Å². The number of hydrogen-bond donors (Lipinski definition) is 0. The van der Waals surface area contributed by atoms with Gasteiger partial charge in [-0.2, -0.15) is 0 Å². The lowest BCUT2D eigenvalue weighted by Gasteiger charge is -2.19. The predicted octanol–water partition coefficient (Wildman–Crippen LogP) is 2.74. The molecule has 0 aromatic rings. The van der Waals surface area contributed by atoms with Crippen molar-refractivity contribution in [2.24, 2.45) is 11.8 Å². The van der Waals surface area contributed by atoms with Crippen LogP contribution in [0.4, 0.5) is 0 Å². The first-order valence-electron chi connectivity index (χ1n) is 5.76. The number of ether oxygens (including phenoxy) is 2. The van der Waals surface area contributed by atoms with Crippen molar-refractivity contribution < 1.29 is 9.47 Å². The van der Waals surface area contributed by atoms with E-state index < -0.39 is 0 Å². The average molecular weight is 196 g/mol. The van der Waals surface area contributed by atoms with E-state index in [-0.39, 0.29) is 6.29 Å². The van der Waals surface area contributed by atoms with Gasteiger partial charge in [-0.05, 0) is 31.6 Å². The Kier molecular flexibility index (Phi) is 3.60. The zero-order valence-electron chi connectivity index (χ0n) is 8.95. The predicted molar refractivity (Wildman–Crippen MR) is 56.0 cm³/mol. The van der Waals surface area contributed by atoms with Gasteiger partial charge in [0.25, 0.3) is 0 Å². The van der Waals surface area contributed by atoms with Gasteiger partial charge in [0.05, 0.1) is 13.2 Å². The van der Waals surface area contributed by atoms with Crippen molar-refractivity contribution in [3.05, 3.63) is 12.2 Å². The molecule has 2 heteroatoms. The fourth-order valence-electron chi connectivity index (χ4n) is 2.65. The molecule has 1 aliphatic heterocycles. The number of hydrogen-bond acceptors (Lipinski definition) is 2. The van der Waals surface area contributed by atoms with Gasteiger partial charge in [-0.25, -0.2) is 0 Å². The zero-order chi connectivity index (χ0) is 9.80. The van der Waals surface area contributed by atoms with Crippen molar-refractivity contribution >= 4 is 0 Å². The molecule has 2 fully saturated rings. The van der Waals surface area contributed by atoms with Gasteiger partial charge in [-0.3, -0.25) is 0 Å². The van der Waals surface area contributed by atoms with Crippen molar-refractivity contribution in [1.29, 1.82) is 0 Å². The third-order valence-corrected chi connectivity index (χ3v) is 3.34. The molecule has 0 unspecified atom stereocenters. The highest BCUT2D eigenvalue weighted by Gasteiger charge is 2.29. The minimum atomic E-state index is 0.0888. The molecule has 0 amide bonds. The second-order valence-electron chi connectivity index (χ2n) is 4.29. The molecule has 1 saturated heterocycles. The van der Waals surface area contributed by atoms with Crippen LogP contribution in [-0.4, -0.2) is 19.5 Å². The number of rotatable bonds is 3. The van der Waals surface area contributed by atoms with E-state index in [0.29, 0.717) is 0 Å². The van der Waals surface area contributed by atoms with E-state index in [9.17, 15) is 0 Å². The van der Waals surface area contributed by atoms with E-state index >= 15 is 0 Å². The third kappa shape index (κ3) is 2.37. The summed E-state index contributed by atoms with van der Waals surface area (Å²) in [7, 11) is 0. The number of allylic oxidation sites excluding steroid dienone is 2. The van der Waals surface area contributed by atoms with Gasteiger partial charge in [0.2, 0.25) is 0 Å². The fourth-order valence-corrected chi connectivity index (χ4v) is 2.65. The summed E-state index contributed by atoms with van der Waals surface area (Å²) in [4.78, 5) is 0. The van der Waals surface area contributed by atoms with Crippen molar-refractivity contribution in [2.75, 3.05) is 13.2 Å². The molecule has 1 heterocycles. The molecule has 1 aliphatic carbocycles. The molecular weight excluding hydrogens is 176 g/mol. The van der Waals surface area contributed by atoms with Crippen LogP contribution in [0.1, 0.15) is 32.6 Å². The van der Waals surface area contributed by atoms with E-state index in [1.807, 2.05) is 0 Å². The first-order valence-corrected chi connectivity index (χ1v) is 5.76. The lowest BCUT2D eigenvalue weighted by Crippen LogP contribution is -2.16. The highest BCUT2D eigenvalue weighted by molar-refractivity contribution is 4.93. The van der Waals surface area contributed by atoms with Crippen LogP contribution >= 0.6 is 0 Å². The maximum atomic E-state index is 5.50. The first-order chi connectivity index (χ1) is 6.90. The molecule has 0 bridgehead atoms. The Bertz CT molecular complexity index is 194. The van der Waals surface area contributed by atoms with Gasteiger partial charge >= 0.3 is 0 Å². The summed E-state index contributed by atoms with van der Waals surface area (Å²) in [5.41, 5.74) is 0. The van der Waals surface area contributed by atoms with E-state index in [0.717, 1.165) is 31.5 Å². The lowest BCUT2D eigenvalue weighted by molar-refractivity contribution is -0.0585. The van der Waals surface area contributed by atoms with Gasteiger partial charge in [-0.1, -0.05) is 18.6 Å². The summed E-state index contributed by atoms with van der Waals surface area (Å²) in [6.45, 7) is 3.68. The Labute approximate surface area is 86.3 Å². The lowest BCUT2D eigenvalue weighted by atomic mass is 9.92. The summed E-state index contributed by atoms with van der Waals surface area (Å²) < 4.78 is 11.0. The molecule has 0 spiro atoms. The Morgan fingerprint density at radius 2 is 2.00 bits per heavy atom. The summed E-state index contributed by atoms with van der Waals surface area (Å²) >= 11 is 0. The monoisotopic (exact) mass is 196 g/mol. The Morgan fingerprint density at radius 3 is 2.71 bits per heavy atom. The summed E-state index contributed by atoms with van der Waals surface area (Å²) in [5, 5.41) is 0. The molecule has 2 aliphatic rings. The quantitative estimate of drug-likeness (QED) is 0.646. The molecule has 0 aromatic carbocycles. The average Bonchev–Trinajstić information content (AvgIpc) is 2.80. The molecule has 1 saturated carbocycles. The Morgan fingerprint density at radius 1 is 1.21 bits per heavy atom. The van der Waals surface area contributed by atoms with Crippen LogP contribution in [0.5, 0.6) is 0 Å². The molecule has 2 atom stereocenters. The van der Waals surface area contributed by atoms with Crippen molar-refractivity contribution in [3.8, 4) is 0 Å². The van der Waals surface area contributed by atoms with Crippen molar-refractivity contribution in [2.45, 2.75) is 38.9 Å². The van der Waals surface area contributed by atoms with E-state index in [2.05, 4.69) is 19.1 Å². The van der Waals surface area contributed by atoms with E-state index in [4.69, 9.17) is 9.47 Å². The SMILES string of the molecule is C/C=C\[C@@H]1CCC[C@@H]1CC1OCCO1. The van der Waals surface area contributed by atoms with Crippen LogP contribution in [0.2, 0.25) is 0 Å². The van der Waals surface area contributed by atoms with Crippen LogP contribution in [-0.2, 0) is 9.47 Å². The minimum absolute atomic E-state index is 0.0888. The summed E-state index contributed by atoms with van der Waals surface area (Å²) in [6.07, 6.45) is 9.78. The molecule has 0 radical (unpaired) electrons. The Hall–Kier alpha value is -0.340. The van der Waals surface area contributed by atoms with Crippen LogP contribution in [0.15, 0.2) is 12.2 Å². The van der Waals surface area contributed by atoms with Gasteiger partial charge in [-0.15, -0.1) is 0 Å². The van der Waals surface area contributed by atoms with E-state index in [1.54, 1.807) is 0 Å². The van der Waals surface area contributed by atoms with Crippen LogP contribution in [0, 0.1) is 11.8 Å². The maximum absolute atomic E-state index is 5.50. The third-order valence-electron chi connectivity index (χ3n) is 3.34. The van der Waals surface area contributed by atoms with Gasteiger partial charge in [0.15, 0.2) is 6.29 Å². The normalized spacial score (nSPS) is 34.6. The van der Waals surface area contributed by atoms with E-state index in [1.165, 1.54) is 19.3 Å². The first kappa shape index (κ1) is 10.2. The molecule has 80 valence electrons. The molecule has 2 rings (SSSR count). The van der Waals surface area contributed by atoms with Gasteiger partial charge < -0.3 is 9.47 Å². The largest absolute Gasteiger partial charge is 0.350 e. The molecular formula is C12H20O2.